The monoisotopic (exact) mass is 328 g/mol. The maximum Gasteiger partial charge on any atom is 0.244 e. The summed E-state index contributed by atoms with van der Waals surface area (Å²) >= 11 is 6.14. The highest BCUT2D eigenvalue weighted by Crippen LogP contribution is 2.45. The summed E-state index contributed by atoms with van der Waals surface area (Å²) in [6, 6.07) is 9.59. The third kappa shape index (κ3) is 2.55. The number of nitriles is 1. The maximum atomic E-state index is 9.59. The first-order chi connectivity index (χ1) is 10.8. The molecule has 1 aromatic heterocycles. The molecule has 3 rings (SSSR count). The maximum absolute atomic E-state index is 9.59. The lowest BCUT2D eigenvalue weighted by Crippen LogP contribution is -2.23. The number of hydrogen-bond donors (Lipinski definition) is 2. The number of nitrogens with two attached hydrogens (primary N) is 1. The number of rotatable bonds is 1. The van der Waals surface area contributed by atoms with Crippen molar-refractivity contribution in [2.24, 2.45) is 5.73 Å². The SMILES string of the molecule is CC(C)(C)c1[nH]nc2c1C(c1cccc(Cl)c1)C(C#N)=C(N)O2. The molecular weight excluding hydrogens is 312 g/mol. The van der Waals surface area contributed by atoms with Crippen molar-refractivity contribution in [2.45, 2.75) is 32.1 Å². The van der Waals surface area contributed by atoms with Gasteiger partial charge in [-0.25, -0.2) is 0 Å². The van der Waals surface area contributed by atoms with E-state index in [1.807, 2.05) is 18.2 Å². The summed E-state index contributed by atoms with van der Waals surface area (Å²) < 4.78 is 5.55. The van der Waals surface area contributed by atoms with Gasteiger partial charge in [-0.15, -0.1) is 5.10 Å². The molecule has 0 spiro atoms. The number of fused-ring (bicyclic) bond motifs is 1. The van der Waals surface area contributed by atoms with Crippen molar-refractivity contribution in [1.29, 1.82) is 5.26 Å². The van der Waals surface area contributed by atoms with E-state index >= 15 is 0 Å². The highest BCUT2D eigenvalue weighted by atomic mass is 35.5. The Morgan fingerprint density at radius 1 is 1.39 bits per heavy atom. The largest absolute Gasteiger partial charge is 0.420 e. The van der Waals surface area contributed by atoms with Gasteiger partial charge >= 0.3 is 0 Å². The molecule has 5 nitrogen and oxygen atoms in total. The Labute approximate surface area is 139 Å². The van der Waals surface area contributed by atoms with Crippen molar-refractivity contribution in [3.63, 3.8) is 0 Å². The second kappa shape index (κ2) is 5.32. The summed E-state index contributed by atoms with van der Waals surface area (Å²) in [5.74, 6) is 0.142. The van der Waals surface area contributed by atoms with Gasteiger partial charge in [0.1, 0.15) is 11.6 Å². The van der Waals surface area contributed by atoms with Crippen LogP contribution in [0.4, 0.5) is 0 Å². The highest BCUT2D eigenvalue weighted by molar-refractivity contribution is 6.30. The van der Waals surface area contributed by atoms with E-state index in [0.717, 1.165) is 16.8 Å². The summed E-state index contributed by atoms with van der Waals surface area (Å²) in [5.41, 5.74) is 8.75. The summed E-state index contributed by atoms with van der Waals surface area (Å²) in [6.45, 7) is 6.22. The number of nitrogens with zero attached hydrogens (tertiary/aromatic N) is 2. The van der Waals surface area contributed by atoms with E-state index in [-0.39, 0.29) is 17.2 Å². The first-order valence-corrected chi connectivity index (χ1v) is 7.62. The zero-order valence-corrected chi connectivity index (χ0v) is 13.9. The van der Waals surface area contributed by atoms with Crippen LogP contribution < -0.4 is 10.5 Å². The van der Waals surface area contributed by atoms with Gasteiger partial charge in [-0.1, -0.05) is 44.5 Å². The van der Waals surface area contributed by atoms with Crippen LogP contribution in [0.25, 0.3) is 0 Å². The Kier molecular flexibility index (Phi) is 3.57. The van der Waals surface area contributed by atoms with Crippen molar-refractivity contribution < 1.29 is 4.74 Å². The first-order valence-electron chi connectivity index (χ1n) is 7.24. The number of ether oxygens (including phenoxy) is 1. The van der Waals surface area contributed by atoms with Gasteiger partial charge < -0.3 is 10.5 Å². The molecule has 118 valence electrons. The van der Waals surface area contributed by atoms with Crippen LogP contribution in [0.5, 0.6) is 5.88 Å². The van der Waals surface area contributed by atoms with Gasteiger partial charge in [0.25, 0.3) is 0 Å². The Morgan fingerprint density at radius 2 is 2.13 bits per heavy atom. The van der Waals surface area contributed by atoms with E-state index in [1.54, 1.807) is 6.07 Å². The van der Waals surface area contributed by atoms with Crippen LogP contribution in [0.2, 0.25) is 5.02 Å². The van der Waals surface area contributed by atoms with Crippen molar-refractivity contribution in [3.8, 4) is 11.9 Å². The lowest BCUT2D eigenvalue weighted by molar-refractivity contribution is 0.378. The number of H-pyrrole nitrogens is 1. The molecule has 1 aliphatic heterocycles. The van der Waals surface area contributed by atoms with Gasteiger partial charge in [-0.2, -0.15) is 5.26 Å². The third-order valence-electron chi connectivity index (χ3n) is 3.87. The Morgan fingerprint density at radius 3 is 2.74 bits per heavy atom. The second-order valence-corrected chi connectivity index (χ2v) is 6.98. The second-order valence-electron chi connectivity index (χ2n) is 6.55. The van der Waals surface area contributed by atoms with E-state index < -0.39 is 0 Å². The lowest BCUT2D eigenvalue weighted by Gasteiger charge is -2.27. The fourth-order valence-electron chi connectivity index (χ4n) is 2.84. The molecule has 0 radical (unpaired) electrons. The molecule has 0 bridgehead atoms. The Bertz CT molecular complexity index is 839. The molecule has 1 aliphatic rings. The number of allylic oxidation sites excluding steroid dienone is 1. The summed E-state index contributed by atoms with van der Waals surface area (Å²) in [6.07, 6.45) is 0. The topological polar surface area (TPSA) is 87.7 Å². The molecule has 1 aromatic carbocycles. The Balaban J connectivity index is 2.28. The molecule has 23 heavy (non-hydrogen) atoms. The number of hydrogen-bond acceptors (Lipinski definition) is 4. The predicted molar refractivity (Wildman–Crippen MR) is 88.0 cm³/mol. The molecule has 0 saturated carbocycles. The van der Waals surface area contributed by atoms with E-state index in [1.165, 1.54) is 0 Å². The highest BCUT2D eigenvalue weighted by Gasteiger charge is 2.37. The van der Waals surface area contributed by atoms with E-state index in [0.29, 0.717) is 16.5 Å². The van der Waals surface area contributed by atoms with E-state index in [4.69, 9.17) is 22.1 Å². The third-order valence-corrected chi connectivity index (χ3v) is 4.11. The van der Waals surface area contributed by atoms with Crippen LogP contribution in [0, 0.1) is 11.3 Å². The quantitative estimate of drug-likeness (QED) is 0.837. The number of nitrogens with one attached hydrogen (secondary N) is 1. The number of halogens is 1. The van der Waals surface area contributed by atoms with Gasteiger partial charge in [0.15, 0.2) is 0 Å². The molecule has 6 heteroatoms. The van der Waals surface area contributed by atoms with E-state index in [9.17, 15) is 5.26 Å². The normalized spacial score (nSPS) is 17.4. The first kappa shape index (κ1) is 15.4. The molecule has 1 unspecified atom stereocenters. The summed E-state index contributed by atoms with van der Waals surface area (Å²) in [7, 11) is 0. The van der Waals surface area contributed by atoms with Crippen LogP contribution in [0.1, 0.15) is 43.5 Å². The van der Waals surface area contributed by atoms with Gasteiger partial charge in [-0.05, 0) is 17.7 Å². The fraction of sp³-hybridized carbons (Fsp3) is 0.294. The molecular formula is C17H17ClN4O. The van der Waals surface area contributed by atoms with Crippen LogP contribution >= 0.6 is 11.6 Å². The average molecular weight is 329 g/mol. The Hall–Kier alpha value is -2.45. The standard InChI is InChI=1S/C17H17ClN4O/c1-17(2,3)14-13-12(9-5-4-6-10(18)7-9)11(8-19)15(20)23-16(13)22-21-14/h4-7,12H,20H2,1-3H3,(H,21,22). The van der Waals surface area contributed by atoms with Crippen molar-refractivity contribution >= 4 is 11.6 Å². The van der Waals surface area contributed by atoms with Crippen molar-refractivity contribution in [1.82, 2.24) is 10.2 Å². The predicted octanol–water partition coefficient (Wildman–Crippen LogP) is 3.58. The lowest BCUT2D eigenvalue weighted by atomic mass is 9.79. The van der Waals surface area contributed by atoms with E-state index in [2.05, 4.69) is 37.0 Å². The molecule has 0 amide bonds. The van der Waals surface area contributed by atoms with Gasteiger partial charge in [0.2, 0.25) is 11.8 Å². The van der Waals surface area contributed by atoms with Gasteiger partial charge in [-0.3, -0.25) is 5.10 Å². The zero-order chi connectivity index (χ0) is 16.8. The summed E-state index contributed by atoms with van der Waals surface area (Å²) in [4.78, 5) is 0. The molecule has 2 heterocycles. The van der Waals surface area contributed by atoms with Crippen molar-refractivity contribution in [3.05, 3.63) is 57.6 Å². The minimum atomic E-state index is -0.351. The van der Waals surface area contributed by atoms with Gasteiger partial charge in [0.05, 0.1) is 11.5 Å². The molecule has 0 aliphatic carbocycles. The zero-order valence-electron chi connectivity index (χ0n) is 13.1. The van der Waals surface area contributed by atoms with Gasteiger partial charge in [0, 0.05) is 16.1 Å². The number of aromatic amines is 1. The fourth-order valence-corrected chi connectivity index (χ4v) is 3.03. The average Bonchev–Trinajstić information content (AvgIpc) is 2.89. The van der Waals surface area contributed by atoms with Crippen LogP contribution in [-0.4, -0.2) is 10.2 Å². The molecule has 1 atom stereocenters. The molecule has 0 fully saturated rings. The van der Waals surface area contributed by atoms with Crippen LogP contribution in [0.3, 0.4) is 0 Å². The van der Waals surface area contributed by atoms with Crippen LogP contribution in [0.15, 0.2) is 35.7 Å². The van der Waals surface area contributed by atoms with Crippen LogP contribution in [-0.2, 0) is 5.41 Å². The summed E-state index contributed by atoms with van der Waals surface area (Å²) in [5, 5.41) is 17.5. The molecule has 0 saturated heterocycles. The smallest absolute Gasteiger partial charge is 0.244 e. The number of benzene rings is 1. The molecule has 3 N–H and O–H groups in total. The number of aromatic nitrogens is 2. The van der Waals surface area contributed by atoms with Crippen molar-refractivity contribution in [2.75, 3.05) is 0 Å². The minimum Gasteiger partial charge on any atom is -0.420 e. The molecule has 2 aromatic rings. The minimum absolute atomic E-state index is 0.0805.